The van der Waals surface area contributed by atoms with E-state index < -0.39 is 11.8 Å². The van der Waals surface area contributed by atoms with E-state index >= 15 is 0 Å². The zero-order valence-electron chi connectivity index (χ0n) is 18.8. The molecule has 0 atom stereocenters. The van der Waals surface area contributed by atoms with E-state index in [0.29, 0.717) is 35.5 Å². The minimum atomic E-state index is -0.453. The highest BCUT2D eigenvalue weighted by Gasteiger charge is 2.22. The number of carbonyl (C=O) groups excluding carboxylic acids is 3. The van der Waals surface area contributed by atoms with Gasteiger partial charge in [0, 0.05) is 35.5 Å². The largest absolute Gasteiger partial charge is 0.333 e. The first kappa shape index (κ1) is 22.7. The van der Waals surface area contributed by atoms with Gasteiger partial charge in [0.15, 0.2) is 5.16 Å². The lowest BCUT2D eigenvalue weighted by molar-refractivity contribution is -0.117. The van der Waals surface area contributed by atoms with Crippen LogP contribution in [-0.4, -0.2) is 34.2 Å². The molecule has 3 N–H and O–H groups in total. The number of nitrogens with zero attached hydrogens (tertiary/aromatic N) is 2. The molecule has 0 saturated carbocycles. The molecule has 1 aliphatic rings. The zero-order chi connectivity index (χ0) is 24.2. The first-order chi connectivity index (χ1) is 17.1. The Kier molecular flexibility index (Phi) is 6.49. The summed E-state index contributed by atoms with van der Waals surface area (Å²) in [7, 11) is 0. The van der Waals surface area contributed by atoms with Crippen molar-refractivity contribution < 1.29 is 14.4 Å². The Morgan fingerprint density at radius 3 is 2.46 bits per heavy atom. The molecule has 0 radical (unpaired) electrons. The number of hydrazine groups is 1. The van der Waals surface area contributed by atoms with Crippen molar-refractivity contribution in [2.75, 3.05) is 11.4 Å². The van der Waals surface area contributed by atoms with E-state index in [9.17, 15) is 14.4 Å². The minimum Gasteiger partial charge on any atom is -0.333 e. The Balaban J connectivity index is 1.14. The van der Waals surface area contributed by atoms with Crippen molar-refractivity contribution in [2.24, 2.45) is 0 Å². The maximum absolute atomic E-state index is 12.5. The molecule has 35 heavy (non-hydrogen) atoms. The van der Waals surface area contributed by atoms with E-state index in [1.165, 1.54) is 0 Å². The monoisotopic (exact) mass is 485 g/mol. The van der Waals surface area contributed by atoms with Gasteiger partial charge < -0.3 is 9.88 Å². The van der Waals surface area contributed by atoms with Crippen LogP contribution in [0.5, 0.6) is 0 Å². The summed E-state index contributed by atoms with van der Waals surface area (Å²) >= 11 is 1.59. The first-order valence-corrected chi connectivity index (χ1v) is 12.2. The van der Waals surface area contributed by atoms with Crippen LogP contribution in [0.1, 0.15) is 39.1 Å². The fraction of sp³-hybridized carbons (Fsp3) is 0.154. The SMILES string of the molecule is O=C(NNC(=O)c1cccc(N2CCCC2=O)c1)c1ccc(CSc2nc3ccccc3[nH]2)cc1. The van der Waals surface area contributed by atoms with Gasteiger partial charge in [-0.15, -0.1) is 0 Å². The van der Waals surface area contributed by atoms with Crippen LogP contribution in [0.25, 0.3) is 11.0 Å². The van der Waals surface area contributed by atoms with Gasteiger partial charge in [-0.25, -0.2) is 4.98 Å². The fourth-order valence-corrected chi connectivity index (χ4v) is 4.74. The second-order valence-electron chi connectivity index (χ2n) is 8.15. The molecule has 1 aromatic heterocycles. The van der Waals surface area contributed by atoms with Crippen LogP contribution in [0, 0.1) is 0 Å². The molecule has 4 aromatic rings. The summed E-state index contributed by atoms with van der Waals surface area (Å²) in [6.45, 7) is 0.646. The predicted molar refractivity (Wildman–Crippen MR) is 135 cm³/mol. The topological polar surface area (TPSA) is 107 Å². The smallest absolute Gasteiger partial charge is 0.269 e. The number of aromatic amines is 1. The summed E-state index contributed by atoms with van der Waals surface area (Å²) in [6.07, 6.45) is 1.33. The highest BCUT2D eigenvalue weighted by molar-refractivity contribution is 7.98. The molecule has 0 spiro atoms. The van der Waals surface area contributed by atoms with Crippen molar-refractivity contribution in [3.8, 4) is 0 Å². The van der Waals surface area contributed by atoms with E-state index in [0.717, 1.165) is 28.2 Å². The van der Waals surface area contributed by atoms with Crippen LogP contribution in [0.4, 0.5) is 5.69 Å². The molecule has 0 aliphatic carbocycles. The lowest BCUT2D eigenvalue weighted by Crippen LogP contribution is -2.41. The average molecular weight is 486 g/mol. The lowest BCUT2D eigenvalue weighted by atomic mass is 10.1. The summed E-state index contributed by atoms with van der Waals surface area (Å²) in [6, 6.07) is 21.9. The zero-order valence-corrected chi connectivity index (χ0v) is 19.6. The third-order valence-electron chi connectivity index (χ3n) is 5.74. The van der Waals surface area contributed by atoms with Crippen molar-refractivity contribution in [1.29, 1.82) is 0 Å². The van der Waals surface area contributed by atoms with Crippen molar-refractivity contribution in [3.05, 3.63) is 89.5 Å². The van der Waals surface area contributed by atoms with Gasteiger partial charge in [-0.3, -0.25) is 25.2 Å². The summed E-state index contributed by atoms with van der Waals surface area (Å²) < 4.78 is 0. The van der Waals surface area contributed by atoms with Crippen LogP contribution < -0.4 is 15.8 Å². The molecule has 3 amide bonds. The van der Waals surface area contributed by atoms with E-state index in [2.05, 4.69) is 20.8 Å². The number of para-hydroxylation sites is 2. The minimum absolute atomic E-state index is 0.0512. The molecule has 0 unspecified atom stereocenters. The second kappa shape index (κ2) is 10.0. The number of hydrogen-bond donors (Lipinski definition) is 3. The number of H-pyrrole nitrogens is 1. The summed E-state index contributed by atoms with van der Waals surface area (Å²) in [5, 5.41) is 0.842. The molecule has 176 valence electrons. The van der Waals surface area contributed by atoms with Crippen molar-refractivity contribution in [3.63, 3.8) is 0 Å². The Labute approximate surface area is 206 Å². The van der Waals surface area contributed by atoms with Gasteiger partial charge in [0.05, 0.1) is 11.0 Å². The van der Waals surface area contributed by atoms with E-state index in [1.54, 1.807) is 53.1 Å². The van der Waals surface area contributed by atoms with Gasteiger partial charge in [-0.05, 0) is 54.4 Å². The number of nitrogens with one attached hydrogen (secondary N) is 3. The normalized spacial score (nSPS) is 13.3. The molecule has 5 rings (SSSR count). The second-order valence-corrected chi connectivity index (χ2v) is 9.12. The van der Waals surface area contributed by atoms with Gasteiger partial charge in [-0.2, -0.15) is 0 Å². The molecule has 8 nitrogen and oxygen atoms in total. The highest BCUT2D eigenvalue weighted by atomic mass is 32.2. The van der Waals surface area contributed by atoms with Gasteiger partial charge in [-0.1, -0.05) is 42.1 Å². The van der Waals surface area contributed by atoms with Crippen LogP contribution in [0.15, 0.2) is 78.0 Å². The third-order valence-corrected chi connectivity index (χ3v) is 6.69. The maximum Gasteiger partial charge on any atom is 0.269 e. The number of hydrogen-bond acceptors (Lipinski definition) is 5. The van der Waals surface area contributed by atoms with Gasteiger partial charge in [0.2, 0.25) is 5.91 Å². The summed E-state index contributed by atoms with van der Waals surface area (Å²) in [4.78, 5) is 46.5. The van der Waals surface area contributed by atoms with E-state index in [4.69, 9.17) is 0 Å². The number of imidazole rings is 1. The summed E-state index contributed by atoms with van der Waals surface area (Å²) in [5.41, 5.74) is 9.34. The Hall–Kier alpha value is -4.11. The first-order valence-electron chi connectivity index (χ1n) is 11.2. The van der Waals surface area contributed by atoms with Gasteiger partial charge in [0.1, 0.15) is 0 Å². The molecule has 0 bridgehead atoms. The molecular weight excluding hydrogens is 462 g/mol. The number of benzene rings is 3. The molecule has 9 heteroatoms. The molecule has 3 aromatic carbocycles. The number of amides is 3. The molecular formula is C26H23N5O3S. The fourth-order valence-electron chi connectivity index (χ4n) is 3.90. The van der Waals surface area contributed by atoms with Crippen LogP contribution >= 0.6 is 11.8 Å². The number of rotatable bonds is 6. The van der Waals surface area contributed by atoms with E-state index in [1.807, 2.05) is 36.4 Å². The average Bonchev–Trinajstić information content (AvgIpc) is 3.52. The van der Waals surface area contributed by atoms with Crippen molar-refractivity contribution in [2.45, 2.75) is 23.8 Å². The lowest BCUT2D eigenvalue weighted by Gasteiger charge is -2.16. The standard InChI is InChI=1S/C26H23N5O3S/c32-23-9-4-14-31(23)20-6-3-5-19(15-20)25(34)30-29-24(33)18-12-10-17(11-13-18)16-35-26-27-21-7-1-2-8-22(21)28-26/h1-3,5-8,10-13,15H,4,9,14,16H2,(H,27,28)(H,29,33)(H,30,34). The van der Waals surface area contributed by atoms with Gasteiger partial charge >= 0.3 is 0 Å². The quantitative estimate of drug-likeness (QED) is 0.282. The van der Waals surface area contributed by atoms with Crippen LogP contribution in [0.3, 0.4) is 0 Å². The number of aromatic nitrogens is 2. The Morgan fingerprint density at radius 2 is 1.71 bits per heavy atom. The molecule has 1 fully saturated rings. The Morgan fingerprint density at radius 1 is 0.943 bits per heavy atom. The molecule has 2 heterocycles. The maximum atomic E-state index is 12.5. The Bertz CT molecular complexity index is 1370. The number of fused-ring (bicyclic) bond motifs is 1. The third kappa shape index (κ3) is 5.20. The van der Waals surface area contributed by atoms with Crippen molar-refractivity contribution in [1.82, 2.24) is 20.8 Å². The number of carbonyl (C=O) groups is 3. The van der Waals surface area contributed by atoms with Gasteiger partial charge in [0.25, 0.3) is 11.8 Å². The van der Waals surface area contributed by atoms with Crippen LogP contribution in [-0.2, 0) is 10.5 Å². The molecule has 1 aliphatic heterocycles. The number of thioether (sulfide) groups is 1. The summed E-state index contributed by atoms with van der Waals surface area (Å²) in [5.74, 6) is -0.115. The van der Waals surface area contributed by atoms with E-state index in [-0.39, 0.29) is 5.91 Å². The number of anilines is 1. The highest BCUT2D eigenvalue weighted by Crippen LogP contribution is 2.24. The van der Waals surface area contributed by atoms with Crippen LogP contribution in [0.2, 0.25) is 0 Å². The van der Waals surface area contributed by atoms with Crippen molar-refractivity contribution >= 4 is 46.2 Å². The molecule has 1 saturated heterocycles. The predicted octanol–water partition coefficient (Wildman–Crippen LogP) is 4.06.